The van der Waals surface area contributed by atoms with Gasteiger partial charge in [-0.05, 0) is 23.8 Å². The molecule has 18 heavy (non-hydrogen) atoms. The van der Waals surface area contributed by atoms with Crippen molar-refractivity contribution in [2.45, 2.75) is 13.0 Å². The SMILES string of the molecule is O=C(O)Cn1c2c(sc1=O)Cc1cc(F)ccc1-2. The van der Waals surface area contributed by atoms with Crippen LogP contribution >= 0.6 is 11.3 Å². The summed E-state index contributed by atoms with van der Waals surface area (Å²) < 4.78 is 14.4. The molecule has 0 radical (unpaired) electrons. The van der Waals surface area contributed by atoms with Crippen molar-refractivity contribution in [2.24, 2.45) is 0 Å². The van der Waals surface area contributed by atoms with E-state index >= 15 is 0 Å². The summed E-state index contributed by atoms with van der Waals surface area (Å²) in [5.74, 6) is -1.38. The van der Waals surface area contributed by atoms with Crippen LogP contribution in [0.3, 0.4) is 0 Å². The van der Waals surface area contributed by atoms with Crippen molar-refractivity contribution >= 4 is 17.3 Å². The molecule has 1 aliphatic rings. The maximum absolute atomic E-state index is 13.1. The van der Waals surface area contributed by atoms with Crippen molar-refractivity contribution in [3.63, 3.8) is 0 Å². The Morgan fingerprint density at radius 3 is 3.00 bits per heavy atom. The van der Waals surface area contributed by atoms with Gasteiger partial charge in [-0.3, -0.25) is 14.2 Å². The summed E-state index contributed by atoms with van der Waals surface area (Å²) >= 11 is 1.03. The van der Waals surface area contributed by atoms with Crippen LogP contribution < -0.4 is 4.87 Å². The lowest BCUT2D eigenvalue weighted by Crippen LogP contribution is -2.19. The number of aromatic nitrogens is 1. The number of halogens is 1. The number of thiazole rings is 1. The fourth-order valence-electron chi connectivity index (χ4n) is 2.26. The van der Waals surface area contributed by atoms with Crippen LogP contribution in [0.2, 0.25) is 0 Å². The molecule has 1 heterocycles. The number of carbonyl (C=O) groups is 1. The van der Waals surface area contributed by atoms with Crippen molar-refractivity contribution in [1.29, 1.82) is 0 Å². The van der Waals surface area contributed by atoms with Crippen molar-refractivity contribution in [1.82, 2.24) is 4.57 Å². The molecule has 0 spiro atoms. The molecule has 0 fully saturated rings. The third-order valence-electron chi connectivity index (χ3n) is 2.93. The summed E-state index contributed by atoms with van der Waals surface area (Å²) in [5, 5.41) is 8.82. The molecule has 1 aromatic carbocycles. The van der Waals surface area contributed by atoms with Crippen LogP contribution in [0.25, 0.3) is 11.3 Å². The van der Waals surface area contributed by atoms with Crippen molar-refractivity contribution < 1.29 is 14.3 Å². The number of hydrogen-bond acceptors (Lipinski definition) is 3. The minimum atomic E-state index is -1.06. The van der Waals surface area contributed by atoms with Gasteiger partial charge in [-0.15, -0.1) is 0 Å². The summed E-state index contributed by atoms with van der Waals surface area (Å²) in [7, 11) is 0. The van der Waals surface area contributed by atoms with Gasteiger partial charge in [0.2, 0.25) is 0 Å². The standard InChI is InChI=1S/C12H8FNO3S/c13-7-1-2-8-6(3-7)4-9-11(8)14(5-10(15)16)12(17)18-9/h1-3H,4-5H2,(H,15,16). The lowest BCUT2D eigenvalue weighted by Gasteiger charge is -2.04. The van der Waals surface area contributed by atoms with Crippen molar-refractivity contribution in [3.05, 3.63) is 44.1 Å². The fourth-order valence-corrected chi connectivity index (χ4v) is 3.28. The highest BCUT2D eigenvalue weighted by atomic mass is 32.1. The van der Waals surface area contributed by atoms with Crippen molar-refractivity contribution in [2.75, 3.05) is 0 Å². The highest BCUT2D eigenvalue weighted by Gasteiger charge is 2.26. The predicted octanol–water partition coefficient (Wildman–Crippen LogP) is 1.70. The van der Waals surface area contributed by atoms with Crippen LogP contribution in [0.4, 0.5) is 4.39 Å². The second-order valence-corrected chi connectivity index (χ2v) is 5.14. The van der Waals surface area contributed by atoms with Gasteiger partial charge in [-0.25, -0.2) is 4.39 Å². The molecule has 0 atom stereocenters. The number of fused-ring (bicyclic) bond motifs is 3. The maximum atomic E-state index is 13.1. The van der Waals surface area contributed by atoms with Crippen LogP contribution in [0, 0.1) is 5.82 Å². The zero-order valence-corrected chi connectivity index (χ0v) is 9.96. The van der Waals surface area contributed by atoms with Crippen molar-refractivity contribution in [3.8, 4) is 11.3 Å². The normalized spacial score (nSPS) is 12.3. The second kappa shape index (κ2) is 3.78. The Morgan fingerprint density at radius 2 is 2.28 bits per heavy atom. The Balaban J connectivity index is 2.21. The van der Waals surface area contributed by atoms with E-state index in [9.17, 15) is 14.0 Å². The number of benzene rings is 1. The van der Waals surface area contributed by atoms with Gasteiger partial charge < -0.3 is 5.11 Å². The minimum Gasteiger partial charge on any atom is -0.480 e. The summed E-state index contributed by atoms with van der Waals surface area (Å²) in [6, 6.07) is 4.35. The Kier molecular flexibility index (Phi) is 2.34. The number of aliphatic carboxylic acids is 1. The molecule has 0 bridgehead atoms. The van der Waals surface area contributed by atoms with Gasteiger partial charge in [0.15, 0.2) is 0 Å². The zero-order valence-electron chi connectivity index (χ0n) is 9.14. The Hall–Kier alpha value is -1.95. The van der Waals surface area contributed by atoms with Gasteiger partial charge >= 0.3 is 10.8 Å². The molecule has 92 valence electrons. The van der Waals surface area contributed by atoms with E-state index in [2.05, 4.69) is 0 Å². The lowest BCUT2D eigenvalue weighted by atomic mass is 10.1. The van der Waals surface area contributed by atoms with Crippen LogP contribution in [0.5, 0.6) is 0 Å². The number of rotatable bonds is 2. The summed E-state index contributed by atoms with van der Waals surface area (Å²) in [5.41, 5.74) is 2.18. The van der Waals surface area contributed by atoms with Gasteiger partial charge in [-0.1, -0.05) is 11.3 Å². The maximum Gasteiger partial charge on any atom is 0.323 e. The van der Waals surface area contributed by atoms with Crippen LogP contribution in [-0.4, -0.2) is 15.6 Å². The van der Waals surface area contributed by atoms with Gasteiger partial charge in [0.1, 0.15) is 12.4 Å². The first-order chi connectivity index (χ1) is 8.56. The minimum absolute atomic E-state index is 0.280. The first-order valence-corrected chi connectivity index (χ1v) is 6.11. The van der Waals surface area contributed by atoms with Gasteiger partial charge in [0, 0.05) is 16.9 Å². The average Bonchev–Trinajstić information content (AvgIpc) is 2.75. The summed E-state index contributed by atoms with van der Waals surface area (Å²) in [6.45, 7) is -0.360. The van der Waals surface area contributed by atoms with E-state index in [1.165, 1.54) is 16.7 Å². The third kappa shape index (κ3) is 1.57. The Labute approximate surface area is 105 Å². The number of hydrogen-bond donors (Lipinski definition) is 1. The number of carboxylic acid groups (broad SMARTS) is 1. The molecule has 3 rings (SSSR count). The van der Waals surface area contributed by atoms with E-state index in [0.717, 1.165) is 27.3 Å². The first-order valence-electron chi connectivity index (χ1n) is 5.29. The van der Waals surface area contributed by atoms with E-state index in [1.807, 2.05) is 0 Å². The smallest absolute Gasteiger partial charge is 0.323 e. The van der Waals surface area contributed by atoms with Crippen LogP contribution in [0.15, 0.2) is 23.0 Å². The first kappa shape index (κ1) is 11.2. The number of nitrogens with zero attached hydrogens (tertiary/aromatic N) is 1. The molecule has 2 aromatic rings. The quantitative estimate of drug-likeness (QED) is 0.767. The summed E-state index contributed by atoms with van der Waals surface area (Å²) in [6.07, 6.45) is 0.495. The highest BCUT2D eigenvalue weighted by Crippen LogP contribution is 2.38. The molecule has 1 aliphatic carbocycles. The number of carboxylic acids is 1. The average molecular weight is 265 g/mol. The van der Waals surface area contributed by atoms with Crippen LogP contribution in [-0.2, 0) is 17.8 Å². The lowest BCUT2D eigenvalue weighted by molar-refractivity contribution is -0.137. The predicted molar refractivity (Wildman–Crippen MR) is 64.4 cm³/mol. The molecular weight excluding hydrogens is 257 g/mol. The topological polar surface area (TPSA) is 59.3 Å². The van der Waals surface area contributed by atoms with E-state index < -0.39 is 5.97 Å². The molecule has 1 N–H and O–H groups in total. The molecule has 0 unspecified atom stereocenters. The van der Waals surface area contributed by atoms with Crippen LogP contribution in [0.1, 0.15) is 10.4 Å². The zero-order chi connectivity index (χ0) is 12.9. The third-order valence-corrected chi connectivity index (χ3v) is 3.91. The molecule has 0 aliphatic heterocycles. The van der Waals surface area contributed by atoms with Gasteiger partial charge in [-0.2, -0.15) is 0 Å². The van der Waals surface area contributed by atoms with E-state index in [1.54, 1.807) is 6.07 Å². The Bertz CT molecular complexity index is 717. The van der Waals surface area contributed by atoms with E-state index in [4.69, 9.17) is 5.11 Å². The van der Waals surface area contributed by atoms with E-state index in [0.29, 0.717) is 12.1 Å². The fraction of sp³-hybridized carbons (Fsp3) is 0.167. The Morgan fingerprint density at radius 1 is 1.50 bits per heavy atom. The molecular formula is C12H8FNO3S. The molecule has 0 saturated carbocycles. The summed E-state index contributed by atoms with van der Waals surface area (Å²) in [4.78, 5) is 23.0. The molecule has 1 aromatic heterocycles. The largest absolute Gasteiger partial charge is 0.480 e. The monoisotopic (exact) mass is 265 g/mol. The molecule has 0 amide bonds. The molecule has 0 saturated heterocycles. The van der Waals surface area contributed by atoms with Gasteiger partial charge in [0.05, 0.1) is 5.69 Å². The molecule has 4 nitrogen and oxygen atoms in total. The van der Waals surface area contributed by atoms with E-state index in [-0.39, 0.29) is 17.2 Å². The highest BCUT2D eigenvalue weighted by molar-refractivity contribution is 7.09. The second-order valence-electron chi connectivity index (χ2n) is 4.10. The molecule has 6 heteroatoms. The van der Waals surface area contributed by atoms with Gasteiger partial charge in [0.25, 0.3) is 0 Å².